The van der Waals surface area contributed by atoms with Gasteiger partial charge in [-0.25, -0.2) is 0 Å². The van der Waals surface area contributed by atoms with Gasteiger partial charge in [-0.3, -0.25) is 0 Å². The van der Waals surface area contributed by atoms with E-state index in [2.05, 4.69) is 0 Å². The fourth-order valence-corrected chi connectivity index (χ4v) is 2.76. The van der Waals surface area contributed by atoms with E-state index in [4.69, 9.17) is 0 Å². The molecule has 0 radical (unpaired) electrons. The summed E-state index contributed by atoms with van der Waals surface area (Å²) in [5.74, 6) is 0. The van der Waals surface area contributed by atoms with Crippen molar-refractivity contribution < 1.29 is 10.0 Å². The van der Waals surface area contributed by atoms with Crippen LogP contribution in [0.4, 0.5) is 0 Å². The van der Waals surface area contributed by atoms with Gasteiger partial charge in [0.1, 0.15) is 0 Å². The highest BCUT2D eigenvalue weighted by molar-refractivity contribution is 7.17. The first-order valence-electron chi connectivity index (χ1n) is 4.44. The number of hydrogen-bond acceptors (Lipinski definition) is 3. The molecule has 0 amide bonds. The molecular weight excluding hydrogens is 195 g/mol. The summed E-state index contributed by atoms with van der Waals surface area (Å²) in [6, 6.07) is 4.04. The summed E-state index contributed by atoms with van der Waals surface area (Å²) in [7, 11) is -1.37. The Hall–Kier alpha value is -0.835. The van der Waals surface area contributed by atoms with Crippen molar-refractivity contribution in [2.75, 3.05) is 0 Å². The lowest BCUT2D eigenvalue weighted by molar-refractivity contribution is 0.425. The molecule has 0 aliphatic rings. The molecule has 0 aliphatic carbocycles. The van der Waals surface area contributed by atoms with E-state index in [1.165, 1.54) is 5.39 Å². The third kappa shape index (κ3) is 1.36. The zero-order chi connectivity index (χ0) is 10.3. The second-order valence-electron chi connectivity index (χ2n) is 3.44. The minimum absolute atomic E-state index is 0.639. The van der Waals surface area contributed by atoms with E-state index in [1.807, 2.05) is 31.4 Å². The molecule has 0 saturated heterocycles. The number of hydrogen-bond donors (Lipinski definition) is 2. The van der Waals surface area contributed by atoms with Crippen LogP contribution in [0.1, 0.15) is 11.1 Å². The van der Waals surface area contributed by atoms with Crippen LogP contribution >= 0.6 is 11.3 Å². The molecule has 2 rings (SSSR count). The minimum Gasteiger partial charge on any atom is -0.423 e. The van der Waals surface area contributed by atoms with Gasteiger partial charge in [-0.15, -0.1) is 11.3 Å². The minimum atomic E-state index is -1.37. The van der Waals surface area contributed by atoms with Gasteiger partial charge in [0.25, 0.3) is 0 Å². The van der Waals surface area contributed by atoms with Gasteiger partial charge < -0.3 is 10.0 Å². The molecule has 1 aromatic heterocycles. The molecule has 14 heavy (non-hydrogen) atoms. The topological polar surface area (TPSA) is 40.5 Å². The molecule has 0 unspecified atom stereocenters. The molecule has 0 fully saturated rings. The smallest absolute Gasteiger partial charge is 0.423 e. The van der Waals surface area contributed by atoms with Gasteiger partial charge in [-0.2, -0.15) is 0 Å². The molecule has 0 aliphatic heterocycles. The van der Waals surface area contributed by atoms with Gasteiger partial charge in [0, 0.05) is 4.70 Å². The third-order valence-electron chi connectivity index (χ3n) is 2.50. The predicted molar refractivity (Wildman–Crippen MR) is 61.1 cm³/mol. The molecule has 4 heteroatoms. The van der Waals surface area contributed by atoms with Crippen LogP contribution in [0.15, 0.2) is 17.5 Å². The summed E-state index contributed by atoms with van der Waals surface area (Å²) in [5, 5.41) is 21.7. The Morgan fingerprint density at radius 2 is 2.00 bits per heavy atom. The Morgan fingerprint density at radius 1 is 1.29 bits per heavy atom. The number of benzene rings is 1. The van der Waals surface area contributed by atoms with Crippen molar-refractivity contribution in [3.05, 3.63) is 28.6 Å². The first kappa shape index (κ1) is 9.71. The third-order valence-corrected chi connectivity index (χ3v) is 3.55. The molecule has 0 bridgehead atoms. The van der Waals surface area contributed by atoms with Crippen LogP contribution in [-0.4, -0.2) is 17.2 Å². The molecule has 2 aromatic rings. The highest BCUT2D eigenvalue weighted by Gasteiger charge is 2.18. The number of fused-ring (bicyclic) bond motifs is 1. The summed E-state index contributed by atoms with van der Waals surface area (Å²) in [4.78, 5) is 0. The molecule has 2 nitrogen and oxygen atoms in total. The molecule has 0 spiro atoms. The molecule has 0 atom stereocenters. The van der Waals surface area contributed by atoms with Crippen molar-refractivity contribution in [3.8, 4) is 0 Å². The lowest BCUT2D eigenvalue weighted by atomic mass is 9.74. The Bertz CT molecular complexity index is 476. The first-order chi connectivity index (χ1) is 6.61. The van der Waals surface area contributed by atoms with Crippen LogP contribution < -0.4 is 5.46 Å². The second kappa shape index (κ2) is 3.39. The van der Waals surface area contributed by atoms with E-state index in [9.17, 15) is 10.0 Å². The van der Waals surface area contributed by atoms with Gasteiger partial charge in [0.2, 0.25) is 0 Å². The van der Waals surface area contributed by atoms with Crippen molar-refractivity contribution >= 4 is 34.0 Å². The van der Waals surface area contributed by atoms with Crippen LogP contribution in [0.3, 0.4) is 0 Å². The predicted octanol–water partition coefficient (Wildman–Crippen LogP) is 1.20. The van der Waals surface area contributed by atoms with Crippen LogP contribution in [0.5, 0.6) is 0 Å². The van der Waals surface area contributed by atoms with Gasteiger partial charge >= 0.3 is 7.12 Å². The normalized spacial score (nSPS) is 10.9. The van der Waals surface area contributed by atoms with Gasteiger partial charge in [-0.05, 0) is 41.7 Å². The van der Waals surface area contributed by atoms with E-state index in [1.54, 1.807) is 11.3 Å². The van der Waals surface area contributed by atoms with Crippen LogP contribution in [-0.2, 0) is 0 Å². The Labute approximate surface area is 87.0 Å². The van der Waals surface area contributed by atoms with Crippen molar-refractivity contribution in [1.82, 2.24) is 0 Å². The zero-order valence-corrected chi connectivity index (χ0v) is 8.93. The van der Waals surface area contributed by atoms with E-state index >= 15 is 0 Å². The van der Waals surface area contributed by atoms with Gasteiger partial charge in [-0.1, -0.05) is 11.6 Å². The maximum absolute atomic E-state index is 9.24. The summed E-state index contributed by atoms with van der Waals surface area (Å²) in [5.41, 5.74) is 2.55. The van der Waals surface area contributed by atoms with Crippen molar-refractivity contribution in [2.45, 2.75) is 13.8 Å². The first-order valence-corrected chi connectivity index (χ1v) is 5.32. The maximum Gasteiger partial charge on any atom is 0.489 e. The summed E-state index contributed by atoms with van der Waals surface area (Å²) >= 11 is 1.63. The second-order valence-corrected chi connectivity index (χ2v) is 4.36. The highest BCUT2D eigenvalue weighted by atomic mass is 32.1. The van der Waals surface area contributed by atoms with E-state index in [0.29, 0.717) is 5.46 Å². The SMILES string of the molecule is Cc1cc2ccsc2c(C)c1B(O)O. The lowest BCUT2D eigenvalue weighted by Gasteiger charge is -2.09. The monoisotopic (exact) mass is 206 g/mol. The van der Waals surface area contributed by atoms with Crippen molar-refractivity contribution in [2.24, 2.45) is 0 Å². The van der Waals surface area contributed by atoms with Crippen molar-refractivity contribution in [3.63, 3.8) is 0 Å². The fourth-order valence-electron chi connectivity index (χ4n) is 1.86. The number of thiophene rings is 1. The largest absolute Gasteiger partial charge is 0.489 e. The van der Waals surface area contributed by atoms with E-state index < -0.39 is 7.12 Å². The molecule has 2 N–H and O–H groups in total. The summed E-state index contributed by atoms with van der Waals surface area (Å²) < 4.78 is 1.14. The Balaban J connectivity index is 2.82. The quantitative estimate of drug-likeness (QED) is 0.688. The van der Waals surface area contributed by atoms with Crippen LogP contribution in [0, 0.1) is 13.8 Å². The van der Waals surface area contributed by atoms with Crippen LogP contribution in [0.2, 0.25) is 0 Å². The lowest BCUT2D eigenvalue weighted by Crippen LogP contribution is -2.34. The molecule has 1 heterocycles. The fraction of sp³-hybridized carbons (Fsp3) is 0.200. The zero-order valence-electron chi connectivity index (χ0n) is 8.11. The van der Waals surface area contributed by atoms with E-state index in [-0.39, 0.29) is 0 Å². The van der Waals surface area contributed by atoms with Crippen molar-refractivity contribution in [1.29, 1.82) is 0 Å². The Morgan fingerprint density at radius 3 is 2.64 bits per heavy atom. The average molecular weight is 206 g/mol. The number of aryl methyl sites for hydroxylation is 2. The average Bonchev–Trinajstić information content (AvgIpc) is 2.50. The highest BCUT2D eigenvalue weighted by Crippen LogP contribution is 2.24. The number of rotatable bonds is 1. The molecular formula is C10H11BO2S. The molecule has 1 aromatic carbocycles. The van der Waals surface area contributed by atoms with Gasteiger partial charge in [0.05, 0.1) is 0 Å². The van der Waals surface area contributed by atoms with Crippen LogP contribution in [0.25, 0.3) is 10.1 Å². The standard InChI is InChI=1S/C10H11BO2S/c1-6-5-8-3-4-14-10(8)7(2)9(6)11(12)13/h3-5,12-13H,1-2H3. The van der Waals surface area contributed by atoms with Gasteiger partial charge in [0.15, 0.2) is 0 Å². The van der Waals surface area contributed by atoms with E-state index in [0.717, 1.165) is 15.8 Å². The summed E-state index contributed by atoms with van der Waals surface area (Å²) in [6.45, 7) is 3.83. The molecule has 0 saturated carbocycles. The Kier molecular flexibility index (Phi) is 2.35. The molecule has 72 valence electrons. The summed E-state index contributed by atoms with van der Waals surface area (Å²) in [6.07, 6.45) is 0. The maximum atomic E-state index is 9.24.